The van der Waals surface area contributed by atoms with Gasteiger partial charge in [-0.25, -0.2) is 4.98 Å². The Balaban J connectivity index is 1.83. The van der Waals surface area contributed by atoms with Gasteiger partial charge in [-0.3, -0.25) is 9.69 Å². The molecule has 5 nitrogen and oxygen atoms in total. The van der Waals surface area contributed by atoms with Crippen LogP contribution in [0.5, 0.6) is 5.75 Å². The largest absolute Gasteiger partial charge is 0.486 e. The van der Waals surface area contributed by atoms with Gasteiger partial charge >= 0.3 is 0 Å². The summed E-state index contributed by atoms with van der Waals surface area (Å²) < 4.78 is 5.71. The third-order valence-corrected chi connectivity index (χ3v) is 4.98. The molecular formula is C19H27N3O2S. The van der Waals surface area contributed by atoms with Gasteiger partial charge in [0.05, 0.1) is 0 Å². The first-order valence-electron chi connectivity index (χ1n) is 8.69. The second kappa shape index (κ2) is 9.53. The van der Waals surface area contributed by atoms with E-state index < -0.39 is 0 Å². The quantitative estimate of drug-likeness (QED) is 0.743. The van der Waals surface area contributed by atoms with Crippen LogP contribution in [-0.2, 0) is 6.61 Å². The highest BCUT2D eigenvalue weighted by Gasteiger charge is 2.14. The van der Waals surface area contributed by atoms with Crippen LogP contribution >= 0.6 is 11.3 Å². The summed E-state index contributed by atoms with van der Waals surface area (Å²) in [5.41, 5.74) is 1.65. The Morgan fingerprint density at radius 2 is 1.96 bits per heavy atom. The third-order valence-electron chi connectivity index (χ3n) is 4.16. The number of nitrogens with one attached hydrogen (secondary N) is 1. The fourth-order valence-corrected chi connectivity index (χ4v) is 3.25. The van der Waals surface area contributed by atoms with E-state index in [1.54, 1.807) is 5.38 Å². The Morgan fingerprint density at radius 3 is 2.60 bits per heavy atom. The summed E-state index contributed by atoms with van der Waals surface area (Å²) in [6, 6.07) is 8.19. The van der Waals surface area contributed by atoms with Crippen LogP contribution in [0.2, 0.25) is 0 Å². The zero-order valence-electron chi connectivity index (χ0n) is 15.4. The SMILES string of the molecule is CCN(CC)C(C)CNC(=O)c1csc(COc2ccc(C)cc2)n1. The molecule has 2 aromatic rings. The lowest BCUT2D eigenvalue weighted by Gasteiger charge is -2.26. The predicted molar refractivity (Wildman–Crippen MR) is 102 cm³/mol. The van der Waals surface area contributed by atoms with Gasteiger partial charge in [-0.05, 0) is 39.1 Å². The second-order valence-corrected chi connectivity index (χ2v) is 6.95. The van der Waals surface area contributed by atoms with E-state index in [4.69, 9.17) is 4.74 Å². The molecule has 2 rings (SSSR count). The van der Waals surface area contributed by atoms with Crippen LogP contribution in [0, 0.1) is 6.92 Å². The number of aromatic nitrogens is 1. The monoisotopic (exact) mass is 361 g/mol. The molecule has 1 aromatic carbocycles. The molecular weight excluding hydrogens is 334 g/mol. The van der Waals surface area contributed by atoms with E-state index >= 15 is 0 Å². The van der Waals surface area contributed by atoms with Crippen molar-refractivity contribution in [3.63, 3.8) is 0 Å². The van der Waals surface area contributed by atoms with Gasteiger partial charge in [-0.2, -0.15) is 0 Å². The van der Waals surface area contributed by atoms with Crippen LogP contribution in [0.25, 0.3) is 0 Å². The lowest BCUT2D eigenvalue weighted by molar-refractivity contribution is 0.0933. The normalized spacial score (nSPS) is 12.2. The molecule has 1 amide bonds. The molecule has 1 aromatic heterocycles. The Bertz CT molecular complexity index is 666. The van der Waals surface area contributed by atoms with Crippen molar-refractivity contribution in [2.24, 2.45) is 0 Å². The molecule has 0 radical (unpaired) electrons. The predicted octanol–water partition coefficient (Wildman–Crippen LogP) is 3.49. The van der Waals surface area contributed by atoms with E-state index in [9.17, 15) is 4.79 Å². The lowest BCUT2D eigenvalue weighted by atomic mass is 10.2. The van der Waals surface area contributed by atoms with Crippen molar-refractivity contribution in [3.8, 4) is 5.75 Å². The van der Waals surface area contributed by atoms with Gasteiger partial charge in [0.15, 0.2) is 0 Å². The Hall–Kier alpha value is -1.92. The van der Waals surface area contributed by atoms with Gasteiger partial charge in [0.25, 0.3) is 5.91 Å². The smallest absolute Gasteiger partial charge is 0.270 e. The summed E-state index contributed by atoms with van der Waals surface area (Å²) >= 11 is 1.44. The van der Waals surface area contributed by atoms with Crippen LogP contribution in [-0.4, -0.2) is 41.5 Å². The molecule has 136 valence electrons. The van der Waals surface area contributed by atoms with Crippen molar-refractivity contribution in [3.05, 3.63) is 45.9 Å². The van der Waals surface area contributed by atoms with Crippen molar-refractivity contribution in [2.45, 2.75) is 40.3 Å². The Kier molecular flexibility index (Phi) is 7.40. The third kappa shape index (κ3) is 5.83. The second-order valence-electron chi connectivity index (χ2n) is 6.01. The highest BCUT2D eigenvalue weighted by Crippen LogP contribution is 2.16. The standard InChI is InChI=1S/C19H27N3O2S/c1-5-22(6-2)15(4)11-20-19(23)17-13-25-18(21-17)12-24-16-9-7-14(3)8-10-16/h7-10,13,15H,5-6,11-12H2,1-4H3,(H,20,23). The van der Waals surface area contributed by atoms with Crippen molar-refractivity contribution in [1.82, 2.24) is 15.2 Å². The molecule has 0 fully saturated rings. The average Bonchev–Trinajstić information content (AvgIpc) is 3.09. The van der Waals surface area contributed by atoms with Crippen LogP contribution in [0.4, 0.5) is 0 Å². The topological polar surface area (TPSA) is 54.5 Å². The zero-order chi connectivity index (χ0) is 18.2. The summed E-state index contributed by atoms with van der Waals surface area (Å²) in [5.74, 6) is 0.677. The molecule has 1 unspecified atom stereocenters. The number of aryl methyl sites for hydroxylation is 1. The van der Waals surface area contributed by atoms with Crippen molar-refractivity contribution < 1.29 is 9.53 Å². The number of rotatable bonds is 9. The molecule has 0 aliphatic rings. The molecule has 0 spiro atoms. The van der Waals surface area contributed by atoms with Gasteiger partial charge in [0.2, 0.25) is 0 Å². The summed E-state index contributed by atoms with van der Waals surface area (Å²) in [6.07, 6.45) is 0. The van der Waals surface area contributed by atoms with Gasteiger partial charge in [-0.15, -0.1) is 11.3 Å². The maximum atomic E-state index is 12.2. The van der Waals surface area contributed by atoms with E-state index in [1.165, 1.54) is 16.9 Å². The van der Waals surface area contributed by atoms with Gasteiger partial charge < -0.3 is 10.1 Å². The fraction of sp³-hybridized carbons (Fsp3) is 0.474. The molecule has 0 saturated carbocycles. The molecule has 0 aliphatic carbocycles. The lowest BCUT2D eigenvalue weighted by Crippen LogP contribution is -2.42. The van der Waals surface area contributed by atoms with E-state index in [1.807, 2.05) is 31.2 Å². The molecule has 25 heavy (non-hydrogen) atoms. The maximum absolute atomic E-state index is 12.2. The first-order valence-corrected chi connectivity index (χ1v) is 9.57. The van der Waals surface area contributed by atoms with E-state index in [0.29, 0.717) is 24.9 Å². The van der Waals surface area contributed by atoms with Gasteiger partial charge in [-0.1, -0.05) is 31.5 Å². The van der Waals surface area contributed by atoms with Crippen LogP contribution in [0.1, 0.15) is 41.8 Å². The molecule has 1 N–H and O–H groups in total. The number of carbonyl (C=O) groups excluding carboxylic acids is 1. The Labute approximate surface area is 154 Å². The highest BCUT2D eigenvalue weighted by molar-refractivity contribution is 7.09. The zero-order valence-corrected chi connectivity index (χ0v) is 16.2. The van der Waals surface area contributed by atoms with Gasteiger partial charge in [0.1, 0.15) is 23.1 Å². The minimum Gasteiger partial charge on any atom is -0.486 e. The number of thiazole rings is 1. The summed E-state index contributed by atoms with van der Waals surface area (Å²) in [7, 11) is 0. The van der Waals surface area contributed by atoms with Crippen molar-refractivity contribution in [2.75, 3.05) is 19.6 Å². The number of hydrogen-bond acceptors (Lipinski definition) is 5. The summed E-state index contributed by atoms with van der Waals surface area (Å²) in [6.45, 7) is 11.4. The molecule has 0 bridgehead atoms. The summed E-state index contributed by atoms with van der Waals surface area (Å²) in [5, 5.41) is 5.54. The van der Waals surface area contributed by atoms with Crippen molar-refractivity contribution in [1.29, 1.82) is 0 Å². The number of ether oxygens (including phenoxy) is 1. The van der Waals surface area contributed by atoms with Crippen LogP contribution in [0.3, 0.4) is 0 Å². The van der Waals surface area contributed by atoms with Crippen LogP contribution < -0.4 is 10.1 Å². The maximum Gasteiger partial charge on any atom is 0.270 e. The highest BCUT2D eigenvalue weighted by atomic mass is 32.1. The first-order chi connectivity index (χ1) is 12.0. The molecule has 0 saturated heterocycles. The minimum absolute atomic E-state index is 0.128. The van der Waals surface area contributed by atoms with E-state index in [-0.39, 0.29) is 5.91 Å². The number of carbonyl (C=O) groups is 1. The van der Waals surface area contributed by atoms with E-state index in [0.717, 1.165) is 23.8 Å². The number of nitrogens with zero attached hydrogens (tertiary/aromatic N) is 2. The molecule has 1 atom stereocenters. The van der Waals surface area contributed by atoms with Crippen LogP contribution in [0.15, 0.2) is 29.6 Å². The average molecular weight is 362 g/mol. The summed E-state index contributed by atoms with van der Waals surface area (Å²) in [4.78, 5) is 18.9. The number of benzene rings is 1. The molecule has 6 heteroatoms. The van der Waals surface area contributed by atoms with Crippen molar-refractivity contribution >= 4 is 17.2 Å². The Morgan fingerprint density at radius 1 is 1.28 bits per heavy atom. The number of amides is 1. The fourth-order valence-electron chi connectivity index (χ4n) is 2.57. The first kappa shape index (κ1) is 19.4. The minimum atomic E-state index is -0.128. The molecule has 0 aliphatic heterocycles. The van der Waals surface area contributed by atoms with E-state index in [2.05, 4.69) is 36.0 Å². The number of likely N-dealkylation sites (N-methyl/N-ethyl adjacent to an activating group) is 1. The van der Waals surface area contributed by atoms with Gasteiger partial charge in [0, 0.05) is 18.0 Å². The number of hydrogen-bond donors (Lipinski definition) is 1. The molecule has 1 heterocycles.